The van der Waals surface area contributed by atoms with E-state index in [-0.39, 0.29) is 30.6 Å². The number of carbonyl (C=O) groups excluding carboxylic acids is 1. The maximum Gasteiger partial charge on any atom is 0.256 e. The minimum Gasteiger partial charge on any atom is -0.504 e. The molecule has 1 aliphatic heterocycles. The molecular weight excluding hydrogens is 341 g/mol. The van der Waals surface area contributed by atoms with Crippen molar-refractivity contribution in [3.05, 3.63) is 47.5 Å². The molecule has 2 bridgehead atoms. The first-order valence-corrected chi connectivity index (χ1v) is 8.07. The predicted octanol–water partition coefficient (Wildman–Crippen LogP) is 1.87. The number of carbonyl (C=O) groups is 1. The lowest BCUT2D eigenvalue weighted by molar-refractivity contribution is 0.0948. The summed E-state index contributed by atoms with van der Waals surface area (Å²) in [5, 5.41) is 20.0. The lowest BCUT2D eigenvalue weighted by atomic mass is 10.1. The van der Waals surface area contributed by atoms with Crippen LogP contribution in [0.15, 0.2) is 30.6 Å². The van der Waals surface area contributed by atoms with Crippen LogP contribution in [-0.2, 0) is 0 Å². The molecule has 0 aliphatic carbocycles. The third kappa shape index (κ3) is 2.77. The first kappa shape index (κ1) is 16.1. The molecule has 2 aromatic heterocycles. The zero-order valence-electron chi connectivity index (χ0n) is 13.9. The monoisotopic (exact) mass is 357 g/mol. The number of aromatic nitrogens is 3. The Morgan fingerprint density at radius 2 is 2.27 bits per heavy atom. The number of nitrogens with zero attached hydrogens (tertiary/aromatic N) is 3. The van der Waals surface area contributed by atoms with Gasteiger partial charge in [-0.1, -0.05) is 0 Å². The van der Waals surface area contributed by atoms with Crippen molar-refractivity contribution in [3.8, 4) is 11.5 Å². The molecule has 3 N–H and O–H groups in total. The van der Waals surface area contributed by atoms with Crippen LogP contribution in [0.3, 0.4) is 0 Å². The zero-order chi connectivity index (χ0) is 18.3. The van der Waals surface area contributed by atoms with Gasteiger partial charge in [0.25, 0.3) is 5.91 Å². The summed E-state index contributed by atoms with van der Waals surface area (Å²) in [4.78, 5) is 16.8. The normalized spacial score (nSPS) is 17.3. The molecule has 1 atom stereocenters. The van der Waals surface area contributed by atoms with E-state index in [1.807, 2.05) is 0 Å². The average Bonchev–Trinajstić information content (AvgIpc) is 3.02. The van der Waals surface area contributed by atoms with Gasteiger partial charge in [-0.2, -0.15) is 5.10 Å². The summed E-state index contributed by atoms with van der Waals surface area (Å²) >= 11 is 0. The third-order valence-corrected chi connectivity index (χ3v) is 4.14. The Bertz CT molecular complexity index is 1000. The SMILES string of the molecule is C[C@H]1Nc2ccn3ncc(c3n2)C(=O)NCCOc2c(O)cc(F)cc21. The Labute approximate surface area is 147 Å². The van der Waals surface area contributed by atoms with Gasteiger partial charge in [-0.25, -0.2) is 13.9 Å². The second-order valence-electron chi connectivity index (χ2n) is 5.95. The zero-order valence-corrected chi connectivity index (χ0v) is 13.9. The highest BCUT2D eigenvalue weighted by Gasteiger charge is 2.20. The van der Waals surface area contributed by atoms with E-state index in [2.05, 4.69) is 20.7 Å². The minimum absolute atomic E-state index is 0.111. The van der Waals surface area contributed by atoms with Gasteiger partial charge in [0.15, 0.2) is 17.1 Å². The van der Waals surface area contributed by atoms with Crippen molar-refractivity contribution in [1.29, 1.82) is 0 Å². The van der Waals surface area contributed by atoms with Crippen LogP contribution in [0.2, 0.25) is 0 Å². The van der Waals surface area contributed by atoms with Crippen LogP contribution in [0.5, 0.6) is 11.5 Å². The maximum atomic E-state index is 13.8. The van der Waals surface area contributed by atoms with E-state index in [1.54, 1.807) is 19.2 Å². The third-order valence-electron chi connectivity index (χ3n) is 4.14. The molecule has 9 heteroatoms. The van der Waals surface area contributed by atoms with E-state index < -0.39 is 11.9 Å². The smallest absolute Gasteiger partial charge is 0.256 e. The van der Waals surface area contributed by atoms with Gasteiger partial charge in [-0.05, 0) is 19.1 Å². The number of phenolic OH excluding ortho intramolecular Hbond substituents is 1. The number of nitrogens with one attached hydrogen (secondary N) is 2. The summed E-state index contributed by atoms with van der Waals surface area (Å²) < 4.78 is 20.9. The molecule has 3 aromatic rings. The lowest BCUT2D eigenvalue weighted by Crippen LogP contribution is -2.28. The average molecular weight is 357 g/mol. The molecule has 0 spiro atoms. The quantitative estimate of drug-likeness (QED) is 0.568. The minimum atomic E-state index is -0.572. The molecule has 0 unspecified atom stereocenters. The maximum absolute atomic E-state index is 13.8. The van der Waals surface area contributed by atoms with E-state index >= 15 is 0 Å². The summed E-state index contributed by atoms with van der Waals surface area (Å²) in [5.41, 5.74) is 1.19. The Hall–Kier alpha value is -3.36. The van der Waals surface area contributed by atoms with Gasteiger partial charge in [0.05, 0.1) is 18.8 Å². The number of fused-ring (bicyclic) bond motifs is 2. The Morgan fingerprint density at radius 3 is 3.12 bits per heavy atom. The van der Waals surface area contributed by atoms with Crippen molar-refractivity contribution in [2.45, 2.75) is 13.0 Å². The van der Waals surface area contributed by atoms with Crippen LogP contribution in [0.25, 0.3) is 5.65 Å². The summed E-state index contributed by atoms with van der Waals surface area (Å²) in [6, 6.07) is 3.58. The van der Waals surface area contributed by atoms with E-state index in [0.29, 0.717) is 22.6 Å². The molecule has 8 nitrogen and oxygen atoms in total. The van der Waals surface area contributed by atoms with Gasteiger partial charge in [-0.3, -0.25) is 4.79 Å². The number of hydrogen-bond acceptors (Lipinski definition) is 6. The molecule has 1 aromatic carbocycles. The van der Waals surface area contributed by atoms with Crippen molar-refractivity contribution in [2.24, 2.45) is 0 Å². The molecule has 134 valence electrons. The van der Waals surface area contributed by atoms with Crippen LogP contribution >= 0.6 is 0 Å². The summed E-state index contributed by atoms with van der Waals surface area (Å²) in [6.07, 6.45) is 3.12. The number of phenols is 1. The Balaban J connectivity index is 1.82. The molecular formula is C17H16FN5O3. The van der Waals surface area contributed by atoms with Crippen molar-refractivity contribution >= 4 is 17.4 Å². The summed E-state index contributed by atoms with van der Waals surface area (Å²) in [7, 11) is 0. The van der Waals surface area contributed by atoms with Crippen molar-refractivity contribution < 1.29 is 19.0 Å². The number of halogens is 1. The van der Waals surface area contributed by atoms with E-state index in [0.717, 1.165) is 6.07 Å². The second kappa shape index (κ2) is 6.17. The fourth-order valence-corrected chi connectivity index (χ4v) is 2.90. The molecule has 4 rings (SSSR count). The number of rotatable bonds is 0. The van der Waals surface area contributed by atoms with Crippen LogP contribution < -0.4 is 15.4 Å². The highest BCUT2D eigenvalue weighted by Crippen LogP contribution is 2.36. The molecule has 0 saturated heterocycles. The molecule has 26 heavy (non-hydrogen) atoms. The van der Waals surface area contributed by atoms with E-state index in [4.69, 9.17) is 4.74 Å². The number of ether oxygens (including phenoxy) is 1. The standard InChI is InChI=1S/C17H16FN5O3/c1-9-11-6-10(18)7-13(24)15(11)26-5-3-19-17(25)12-8-20-23-4-2-14(21-9)22-16(12)23/h2,4,6-9,24H,3,5H2,1H3,(H,19,25)(H,21,22)/t9-/m1/s1. The van der Waals surface area contributed by atoms with Crippen molar-refractivity contribution in [1.82, 2.24) is 19.9 Å². The largest absolute Gasteiger partial charge is 0.504 e. The molecule has 0 saturated carbocycles. The number of benzene rings is 1. The van der Waals surface area contributed by atoms with Crippen LogP contribution in [0, 0.1) is 5.82 Å². The Kier molecular flexibility index (Phi) is 3.83. The predicted molar refractivity (Wildman–Crippen MR) is 90.9 cm³/mol. The van der Waals surface area contributed by atoms with Gasteiger partial charge in [0, 0.05) is 17.8 Å². The first-order chi connectivity index (χ1) is 12.5. The van der Waals surface area contributed by atoms with Crippen LogP contribution in [-0.4, -0.2) is 38.8 Å². The van der Waals surface area contributed by atoms with Crippen LogP contribution in [0.4, 0.5) is 10.2 Å². The highest BCUT2D eigenvalue weighted by atomic mass is 19.1. The van der Waals surface area contributed by atoms with Gasteiger partial charge in [0.1, 0.15) is 23.8 Å². The van der Waals surface area contributed by atoms with Crippen molar-refractivity contribution in [3.63, 3.8) is 0 Å². The van der Waals surface area contributed by atoms with Gasteiger partial charge >= 0.3 is 0 Å². The summed E-state index contributed by atoms with van der Waals surface area (Å²) in [5.74, 6) is -0.547. The molecule has 3 heterocycles. The fraction of sp³-hybridized carbons (Fsp3) is 0.235. The molecule has 1 aliphatic rings. The number of hydrogen-bond donors (Lipinski definition) is 3. The number of anilines is 1. The highest BCUT2D eigenvalue weighted by molar-refractivity contribution is 5.99. The van der Waals surface area contributed by atoms with Crippen LogP contribution in [0.1, 0.15) is 28.9 Å². The van der Waals surface area contributed by atoms with E-state index in [1.165, 1.54) is 16.8 Å². The molecule has 0 fully saturated rings. The first-order valence-electron chi connectivity index (χ1n) is 8.07. The lowest BCUT2D eigenvalue weighted by Gasteiger charge is -2.20. The number of aromatic hydroxyl groups is 1. The van der Waals surface area contributed by atoms with Gasteiger partial charge in [0.2, 0.25) is 0 Å². The Morgan fingerprint density at radius 1 is 1.42 bits per heavy atom. The number of amides is 1. The van der Waals surface area contributed by atoms with Gasteiger partial charge < -0.3 is 20.5 Å². The van der Waals surface area contributed by atoms with Gasteiger partial charge in [-0.15, -0.1) is 0 Å². The summed E-state index contributed by atoms with van der Waals surface area (Å²) in [6.45, 7) is 2.11. The molecule has 1 amide bonds. The van der Waals surface area contributed by atoms with Crippen molar-refractivity contribution in [2.75, 3.05) is 18.5 Å². The molecule has 0 radical (unpaired) electrons. The second-order valence-corrected chi connectivity index (χ2v) is 5.95. The fourth-order valence-electron chi connectivity index (χ4n) is 2.90. The topological polar surface area (TPSA) is 101 Å². The van der Waals surface area contributed by atoms with E-state index in [9.17, 15) is 14.3 Å².